The van der Waals surface area contributed by atoms with Crippen LogP contribution in [0.5, 0.6) is 0 Å². The van der Waals surface area contributed by atoms with Crippen molar-refractivity contribution in [3.8, 4) is 11.4 Å². The van der Waals surface area contributed by atoms with Crippen molar-refractivity contribution < 1.29 is 0 Å². The Hall–Kier alpha value is -1.98. The molecule has 26 heavy (non-hydrogen) atoms. The molecule has 0 spiro atoms. The zero-order valence-corrected chi connectivity index (χ0v) is 16.4. The fourth-order valence-corrected chi connectivity index (χ4v) is 4.84. The van der Waals surface area contributed by atoms with Crippen molar-refractivity contribution >= 4 is 44.3 Å². The number of nitrogens with zero attached hydrogens (tertiary/aromatic N) is 3. The summed E-state index contributed by atoms with van der Waals surface area (Å²) in [5.74, 6) is 1.75. The number of H-pyrrole nitrogens is 1. The highest BCUT2D eigenvalue weighted by Crippen LogP contribution is 2.33. The van der Waals surface area contributed by atoms with Crippen molar-refractivity contribution in [3.05, 3.63) is 47.8 Å². The lowest BCUT2D eigenvalue weighted by molar-refractivity contribution is 0.587. The van der Waals surface area contributed by atoms with Crippen LogP contribution < -0.4 is 4.90 Å². The van der Waals surface area contributed by atoms with Gasteiger partial charge in [-0.2, -0.15) is 0 Å². The topological polar surface area (TPSA) is 44.8 Å². The Kier molecular flexibility index (Phi) is 4.92. The first-order chi connectivity index (χ1) is 12.7. The second-order valence-electron chi connectivity index (χ2n) is 6.52. The molecule has 1 aliphatic heterocycles. The van der Waals surface area contributed by atoms with Gasteiger partial charge in [0.15, 0.2) is 0 Å². The number of benzene rings is 1. The first kappa shape index (κ1) is 17.4. The Labute approximate surface area is 161 Å². The summed E-state index contributed by atoms with van der Waals surface area (Å²) >= 11 is 6.43. The molecular weight excluding hydrogens is 364 g/mol. The van der Waals surface area contributed by atoms with E-state index in [1.165, 1.54) is 0 Å². The average Bonchev–Trinajstić information content (AvgIpc) is 3.12. The third kappa shape index (κ3) is 3.33. The molecule has 0 bridgehead atoms. The number of anilines is 1. The normalized spacial score (nSPS) is 17.1. The Bertz CT molecular complexity index is 924. The van der Waals surface area contributed by atoms with Gasteiger partial charge in [-0.25, -0.2) is 9.97 Å². The molecule has 1 aliphatic rings. The van der Waals surface area contributed by atoms with Crippen molar-refractivity contribution in [2.24, 2.45) is 0 Å². The molecule has 3 aromatic rings. The molecule has 1 aromatic carbocycles. The van der Waals surface area contributed by atoms with E-state index in [0.29, 0.717) is 10.3 Å². The smallest absolute Gasteiger partial charge is 0.140 e. The summed E-state index contributed by atoms with van der Waals surface area (Å²) in [6.07, 6.45) is 8.31. The minimum Gasteiger partial charge on any atom is -0.357 e. The number of fused-ring (bicyclic) bond motifs is 1. The molecule has 4 nitrogen and oxygen atoms in total. The molecule has 6 heteroatoms. The number of hydrogen-bond acceptors (Lipinski definition) is 3. The molecule has 1 N–H and O–H groups in total. The lowest BCUT2D eigenvalue weighted by atomic mass is 10.1. The minimum absolute atomic E-state index is 0.160. The minimum atomic E-state index is 0.160. The molecule has 4 rings (SSSR count). The predicted molar refractivity (Wildman–Crippen MR) is 114 cm³/mol. The van der Waals surface area contributed by atoms with Gasteiger partial charge in [-0.05, 0) is 53.8 Å². The number of aromatic nitrogens is 3. The molecule has 0 amide bonds. The number of rotatable bonds is 3. The van der Waals surface area contributed by atoms with Gasteiger partial charge in [0.1, 0.15) is 17.9 Å². The lowest BCUT2D eigenvalue weighted by Crippen LogP contribution is -2.35. The number of imidazole rings is 1. The molecular formula is C20H22ClN4S+. The molecule has 3 heterocycles. The zero-order chi connectivity index (χ0) is 18.1. The number of halogens is 1. The summed E-state index contributed by atoms with van der Waals surface area (Å²) in [6, 6.07) is 10.1. The van der Waals surface area contributed by atoms with E-state index in [-0.39, 0.29) is 10.5 Å². The highest BCUT2D eigenvalue weighted by molar-refractivity contribution is 8.16. The molecule has 0 saturated carbocycles. The largest absolute Gasteiger partial charge is 0.357 e. The average molecular weight is 386 g/mol. The molecule has 134 valence electrons. The second-order valence-corrected chi connectivity index (χ2v) is 9.00. The summed E-state index contributed by atoms with van der Waals surface area (Å²) in [6.45, 7) is 4.13. The van der Waals surface area contributed by atoms with E-state index in [4.69, 9.17) is 11.6 Å². The van der Waals surface area contributed by atoms with Crippen LogP contribution in [0.2, 0.25) is 5.02 Å². The Morgan fingerprint density at radius 1 is 1.31 bits per heavy atom. The third-order valence-corrected chi connectivity index (χ3v) is 7.22. The van der Waals surface area contributed by atoms with E-state index in [2.05, 4.69) is 44.5 Å². The van der Waals surface area contributed by atoms with E-state index in [1.807, 2.05) is 24.3 Å². The first-order valence-corrected chi connectivity index (χ1v) is 10.7. The molecule has 1 unspecified atom stereocenters. The van der Waals surface area contributed by atoms with Gasteiger partial charge < -0.3 is 9.88 Å². The van der Waals surface area contributed by atoms with Crippen LogP contribution in [0.15, 0.2) is 36.5 Å². The summed E-state index contributed by atoms with van der Waals surface area (Å²) in [5.41, 5.74) is 2.85. The molecule has 1 fully saturated rings. The van der Waals surface area contributed by atoms with Gasteiger partial charge in [0.25, 0.3) is 0 Å². The highest BCUT2D eigenvalue weighted by atomic mass is 35.5. The number of hydrogen-bond donors (Lipinski definition) is 1. The monoisotopic (exact) mass is 385 g/mol. The Morgan fingerprint density at radius 2 is 2.08 bits per heavy atom. The fourth-order valence-electron chi connectivity index (χ4n) is 3.44. The predicted octanol–water partition coefficient (Wildman–Crippen LogP) is 5.13. The third-order valence-electron chi connectivity index (χ3n) is 4.98. The summed E-state index contributed by atoms with van der Waals surface area (Å²) in [7, 11) is 0.160. The van der Waals surface area contributed by atoms with Crippen LogP contribution in [-0.4, -0.2) is 38.7 Å². The lowest BCUT2D eigenvalue weighted by Gasteiger charge is -2.32. The van der Waals surface area contributed by atoms with Crippen LogP contribution in [0.4, 0.5) is 5.82 Å². The van der Waals surface area contributed by atoms with Crippen LogP contribution >= 0.6 is 22.1 Å². The van der Waals surface area contributed by atoms with Crippen molar-refractivity contribution in [2.45, 2.75) is 25.0 Å². The van der Waals surface area contributed by atoms with Crippen LogP contribution in [0, 0.1) is 6.26 Å². The van der Waals surface area contributed by atoms with Crippen LogP contribution in [0.25, 0.3) is 22.4 Å². The van der Waals surface area contributed by atoms with Crippen molar-refractivity contribution in [2.75, 3.05) is 18.0 Å². The second kappa shape index (κ2) is 7.33. The number of pyridine rings is 1. The van der Waals surface area contributed by atoms with E-state index in [9.17, 15) is 0 Å². The number of piperidine rings is 1. The number of nitrogens with one attached hydrogen (secondary N) is 1. The van der Waals surface area contributed by atoms with Crippen molar-refractivity contribution in [1.29, 1.82) is 0 Å². The van der Waals surface area contributed by atoms with Crippen LogP contribution in [0.1, 0.15) is 19.8 Å². The molecule has 2 aromatic heterocycles. The summed E-state index contributed by atoms with van der Waals surface area (Å²) < 4.78 is 0. The number of para-hydroxylation sites is 2. The number of aromatic amines is 1. The van der Waals surface area contributed by atoms with Gasteiger partial charge in [-0.15, -0.1) is 0 Å². The van der Waals surface area contributed by atoms with Crippen LogP contribution in [-0.2, 0) is 0 Å². The molecule has 0 radical (unpaired) electrons. The first-order valence-electron chi connectivity index (χ1n) is 8.82. The van der Waals surface area contributed by atoms with Crippen molar-refractivity contribution in [3.63, 3.8) is 0 Å². The van der Waals surface area contributed by atoms with Gasteiger partial charge >= 0.3 is 0 Å². The van der Waals surface area contributed by atoms with Crippen LogP contribution in [0.3, 0.4) is 0 Å². The quantitative estimate of drug-likeness (QED) is 0.502. The summed E-state index contributed by atoms with van der Waals surface area (Å²) in [5, 5.41) is 3.54. The van der Waals surface area contributed by atoms with Gasteiger partial charge in [0.2, 0.25) is 0 Å². The maximum Gasteiger partial charge on any atom is 0.140 e. The van der Waals surface area contributed by atoms with E-state index in [1.54, 1.807) is 6.20 Å². The fraction of sp³-hybridized carbons (Fsp3) is 0.300. The highest BCUT2D eigenvalue weighted by Gasteiger charge is 2.24. The Morgan fingerprint density at radius 3 is 2.81 bits per heavy atom. The SMILES string of the molecule is [CH2+]/S(=C/C)C1CCN(c2cc(-c3nc4ccccc4[nH]3)c(Cl)cn2)CC1. The van der Waals surface area contributed by atoms with Gasteiger partial charge in [0.05, 0.1) is 16.1 Å². The van der Waals surface area contributed by atoms with Gasteiger partial charge in [-0.1, -0.05) is 23.7 Å². The zero-order valence-electron chi connectivity index (χ0n) is 14.8. The standard InChI is InChI=1S/C20H22ClN4S/c1-3-26(2)14-8-10-25(11-9-14)19-12-15(16(21)13-22-19)20-23-17-6-4-5-7-18(17)24-20/h3-7,12-14H,2,8-11H2,1H3,(H,23,24)/q+1. The molecule has 0 aliphatic carbocycles. The summed E-state index contributed by atoms with van der Waals surface area (Å²) in [4.78, 5) is 14.9. The molecule has 1 saturated heterocycles. The maximum atomic E-state index is 6.43. The van der Waals surface area contributed by atoms with Gasteiger partial charge in [0, 0.05) is 30.1 Å². The van der Waals surface area contributed by atoms with E-state index in [0.717, 1.165) is 54.2 Å². The Balaban J connectivity index is 1.61. The molecule has 1 atom stereocenters. The van der Waals surface area contributed by atoms with E-state index >= 15 is 0 Å². The van der Waals surface area contributed by atoms with E-state index < -0.39 is 0 Å². The van der Waals surface area contributed by atoms with Crippen molar-refractivity contribution in [1.82, 2.24) is 15.0 Å². The van der Waals surface area contributed by atoms with Gasteiger partial charge in [-0.3, -0.25) is 0 Å². The maximum absolute atomic E-state index is 6.43.